The molecule has 0 aliphatic rings. The molecule has 0 aliphatic heterocycles. The molecule has 2 nitrogen and oxygen atoms in total. The molecule has 0 aromatic heterocycles. The molecule has 0 spiro atoms. The van der Waals surface area contributed by atoms with Crippen LogP contribution >= 0.6 is 24.0 Å². The monoisotopic (exact) mass is 383 g/mol. The van der Waals surface area contributed by atoms with Gasteiger partial charge in [-0.05, 0) is 17.7 Å². The molecule has 0 unspecified atom stereocenters. The molecule has 2 atom stereocenters. The lowest BCUT2D eigenvalue weighted by Crippen LogP contribution is -2.29. The van der Waals surface area contributed by atoms with E-state index in [4.69, 9.17) is 17.3 Å². The van der Waals surface area contributed by atoms with Crippen molar-refractivity contribution >= 4 is 24.0 Å². The maximum absolute atomic E-state index is 14.0. The van der Waals surface area contributed by atoms with Crippen molar-refractivity contribution in [1.82, 2.24) is 0 Å². The molecule has 0 saturated carbocycles. The summed E-state index contributed by atoms with van der Waals surface area (Å²) in [5.41, 5.74) is 4.91. The van der Waals surface area contributed by atoms with E-state index in [-0.39, 0.29) is 18.8 Å². The Morgan fingerprint density at radius 3 is 2.25 bits per heavy atom. The van der Waals surface area contributed by atoms with Gasteiger partial charge in [-0.1, -0.05) is 41.9 Å². The summed E-state index contributed by atoms with van der Waals surface area (Å²) in [6.07, 6.45) is -5.86. The van der Waals surface area contributed by atoms with Crippen LogP contribution in [0, 0.1) is 5.82 Å². The normalized spacial score (nSPS) is 14.0. The van der Waals surface area contributed by atoms with Gasteiger partial charge in [-0.25, -0.2) is 4.39 Å². The second-order valence-electron chi connectivity index (χ2n) is 5.14. The van der Waals surface area contributed by atoms with E-state index < -0.39 is 40.3 Å². The first-order valence-corrected chi connectivity index (χ1v) is 7.11. The molecule has 0 fully saturated rings. The Hall–Kier alpha value is -1.34. The highest BCUT2D eigenvalue weighted by Gasteiger charge is 2.33. The number of hydrogen-bond acceptors (Lipinski definition) is 2. The zero-order valence-electron chi connectivity index (χ0n) is 12.2. The quantitative estimate of drug-likeness (QED) is 0.762. The number of alkyl halides is 3. The van der Waals surface area contributed by atoms with E-state index in [1.807, 2.05) is 0 Å². The SMILES string of the molecule is Cl.N[C@@H](c1cc(C(F)(F)F)cc(Cl)c1F)[C@H](O)Cc1ccccc1. The molecule has 0 bridgehead atoms. The third-order valence-corrected chi connectivity index (χ3v) is 3.72. The fourth-order valence-corrected chi connectivity index (χ4v) is 2.43. The van der Waals surface area contributed by atoms with Gasteiger partial charge in [0.1, 0.15) is 5.82 Å². The molecule has 3 N–H and O–H groups in total. The summed E-state index contributed by atoms with van der Waals surface area (Å²) in [5, 5.41) is 9.43. The molecule has 24 heavy (non-hydrogen) atoms. The van der Waals surface area contributed by atoms with E-state index >= 15 is 0 Å². The molecule has 0 amide bonds. The third kappa shape index (κ3) is 4.83. The van der Waals surface area contributed by atoms with E-state index in [2.05, 4.69) is 0 Å². The smallest absolute Gasteiger partial charge is 0.391 e. The molecule has 0 radical (unpaired) electrons. The van der Waals surface area contributed by atoms with Crippen molar-refractivity contribution in [1.29, 1.82) is 0 Å². The minimum Gasteiger partial charge on any atom is -0.391 e. The molecule has 2 aromatic rings. The number of halogens is 6. The second kappa shape index (κ2) is 8.16. The van der Waals surface area contributed by atoms with E-state index in [1.165, 1.54) is 0 Å². The molecule has 8 heteroatoms. The fourth-order valence-electron chi connectivity index (χ4n) is 2.21. The molecule has 132 valence electrons. The molecular formula is C16H15Cl2F4NO. The van der Waals surface area contributed by atoms with Crippen molar-refractivity contribution in [3.8, 4) is 0 Å². The standard InChI is InChI=1S/C16H14ClF4NO.ClH/c17-12-8-10(16(19,20)21)7-11(14(12)18)15(22)13(23)6-9-4-2-1-3-5-9;/h1-5,7-8,13,15,23H,6,22H2;1H/t13-,15+;/m1./s1. The first kappa shape index (κ1) is 20.7. The third-order valence-electron chi connectivity index (χ3n) is 3.45. The first-order chi connectivity index (χ1) is 10.7. The lowest BCUT2D eigenvalue weighted by Gasteiger charge is -2.21. The largest absolute Gasteiger partial charge is 0.416 e. The van der Waals surface area contributed by atoms with Gasteiger partial charge in [-0.2, -0.15) is 13.2 Å². The van der Waals surface area contributed by atoms with Crippen LogP contribution in [0.5, 0.6) is 0 Å². The number of hydrogen-bond donors (Lipinski definition) is 2. The lowest BCUT2D eigenvalue weighted by molar-refractivity contribution is -0.137. The Labute approximate surface area is 147 Å². The molecule has 0 saturated heterocycles. The van der Waals surface area contributed by atoms with Gasteiger partial charge in [-0.3, -0.25) is 0 Å². The number of benzene rings is 2. The highest BCUT2D eigenvalue weighted by atomic mass is 35.5. The topological polar surface area (TPSA) is 46.2 Å². The maximum Gasteiger partial charge on any atom is 0.416 e. The summed E-state index contributed by atoms with van der Waals surface area (Å²) < 4.78 is 52.4. The van der Waals surface area contributed by atoms with Gasteiger partial charge >= 0.3 is 6.18 Å². The predicted molar refractivity (Wildman–Crippen MR) is 86.7 cm³/mol. The van der Waals surface area contributed by atoms with Gasteiger partial charge in [0.2, 0.25) is 0 Å². The Bertz CT molecular complexity index is 680. The van der Waals surface area contributed by atoms with Gasteiger partial charge in [0.25, 0.3) is 0 Å². The van der Waals surface area contributed by atoms with Crippen LogP contribution in [0.15, 0.2) is 42.5 Å². The minimum absolute atomic E-state index is 0. The van der Waals surface area contributed by atoms with Gasteiger partial charge in [0, 0.05) is 12.0 Å². The summed E-state index contributed by atoms with van der Waals surface area (Å²) in [7, 11) is 0. The van der Waals surface area contributed by atoms with E-state index in [1.54, 1.807) is 30.3 Å². The Morgan fingerprint density at radius 1 is 1.12 bits per heavy atom. The zero-order chi connectivity index (χ0) is 17.2. The molecule has 0 aliphatic carbocycles. The van der Waals surface area contributed by atoms with E-state index in [9.17, 15) is 22.7 Å². The van der Waals surface area contributed by atoms with Crippen molar-refractivity contribution in [3.63, 3.8) is 0 Å². The average molecular weight is 384 g/mol. The van der Waals surface area contributed by atoms with Gasteiger partial charge < -0.3 is 10.8 Å². The predicted octanol–water partition coefficient (Wildman–Crippen LogP) is 4.52. The number of aliphatic hydroxyl groups excluding tert-OH is 1. The zero-order valence-corrected chi connectivity index (χ0v) is 13.8. The Morgan fingerprint density at radius 2 is 1.71 bits per heavy atom. The molecular weight excluding hydrogens is 369 g/mol. The van der Waals surface area contributed by atoms with Crippen molar-refractivity contribution in [3.05, 3.63) is 70.0 Å². The van der Waals surface area contributed by atoms with Crippen LogP contribution in [0.3, 0.4) is 0 Å². The number of aliphatic hydroxyl groups is 1. The summed E-state index contributed by atoms with van der Waals surface area (Å²) >= 11 is 5.52. The van der Waals surface area contributed by atoms with Crippen molar-refractivity contribution in [2.45, 2.75) is 24.7 Å². The van der Waals surface area contributed by atoms with Gasteiger partial charge in [-0.15, -0.1) is 12.4 Å². The highest BCUT2D eigenvalue weighted by Crippen LogP contribution is 2.35. The summed E-state index contributed by atoms with van der Waals surface area (Å²) in [5.74, 6) is -1.06. The fraction of sp³-hybridized carbons (Fsp3) is 0.250. The van der Waals surface area contributed by atoms with Gasteiger partial charge in [0.15, 0.2) is 0 Å². The Balaban J connectivity index is 0.00000288. The van der Waals surface area contributed by atoms with Crippen LogP contribution in [0.1, 0.15) is 22.7 Å². The first-order valence-electron chi connectivity index (χ1n) is 6.74. The van der Waals surface area contributed by atoms with Crippen molar-refractivity contribution < 1.29 is 22.7 Å². The second-order valence-corrected chi connectivity index (χ2v) is 5.55. The average Bonchev–Trinajstić information content (AvgIpc) is 2.49. The van der Waals surface area contributed by atoms with Crippen LogP contribution < -0.4 is 5.73 Å². The van der Waals surface area contributed by atoms with Crippen molar-refractivity contribution in [2.75, 3.05) is 0 Å². The van der Waals surface area contributed by atoms with Gasteiger partial charge in [0.05, 0.1) is 22.7 Å². The number of nitrogens with two attached hydrogens (primary N) is 1. The Kier molecular flexibility index (Phi) is 7.04. The lowest BCUT2D eigenvalue weighted by atomic mass is 9.95. The van der Waals surface area contributed by atoms with Crippen molar-refractivity contribution in [2.24, 2.45) is 5.73 Å². The van der Waals surface area contributed by atoms with E-state index in [0.717, 1.165) is 5.56 Å². The summed E-state index contributed by atoms with van der Waals surface area (Å²) in [6.45, 7) is 0. The molecule has 2 aromatic carbocycles. The maximum atomic E-state index is 14.0. The van der Waals surface area contributed by atoms with Crippen LogP contribution in [-0.2, 0) is 12.6 Å². The molecule has 0 heterocycles. The minimum atomic E-state index is -4.68. The van der Waals surface area contributed by atoms with E-state index in [0.29, 0.717) is 12.1 Å². The van der Waals surface area contributed by atoms with Crippen LogP contribution in [0.25, 0.3) is 0 Å². The van der Waals surface area contributed by atoms with Crippen LogP contribution in [-0.4, -0.2) is 11.2 Å². The summed E-state index contributed by atoms with van der Waals surface area (Å²) in [6, 6.07) is 8.47. The highest BCUT2D eigenvalue weighted by molar-refractivity contribution is 6.30. The summed E-state index contributed by atoms with van der Waals surface area (Å²) in [4.78, 5) is 0. The number of rotatable bonds is 4. The van der Waals surface area contributed by atoms with Crippen LogP contribution in [0.4, 0.5) is 17.6 Å². The van der Waals surface area contributed by atoms with Crippen LogP contribution in [0.2, 0.25) is 5.02 Å². The molecule has 2 rings (SSSR count).